The Labute approximate surface area is 81.5 Å². The first-order chi connectivity index (χ1) is 3.46. The van der Waals surface area contributed by atoms with Crippen LogP contribution in [0.15, 0.2) is 0 Å². The van der Waals surface area contributed by atoms with Gasteiger partial charge in [-0.2, -0.15) is 0 Å². The van der Waals surface area contributed by atoms with Gasteiger partial charge in [-0.1, -0.05) is 0 Å². The Morgan fingerprint density at radius 3 is 0.889 bits per heavy atom. The Morgan fingerprint density at radius 1 is 0.889 bits per heavy atom. The molecule has 53 valence electrons. The first-order valence-electron chi connectivity index (χ1n) is 3.46. The van der Waals surface area contributed by atoms with E-state index in [4.69, 9.17) is 0 Å². The molecule has 0 saturated carbocycles. The molecule has 0 aliphatic carbocycles. The van der Waals surface area contributed by atoms with E-state index in [-0.39, 0.29) is 32.1 Å². The minimum atomic E-state index is -0.479. The molecule has 0 rings (SSSR count). The van der Waals surface area contributed by atoms with Gasteiger partial charge in [0.05, 0.1) is 0 Å². The zero-order valence-electron chi connectivity index (χ0n) is 7.60. The third-order valence-electron chi connectivity index (χ3n) is 0. The summed E-state index contributed by atoms with van der Waals surface area (Å²) in [6, 6.07) is 0. The Bertz CT molecular complexity index is 28.5. The van der Waals surface area contributed by atoms with Crippen molar-refractivity contribution in [1.82, 2.24) is 0 Å². The molecule has 0 aromatic rings. The Kier molecular flexibility index (Phi) is 23.4. The van der Waals surface area contributed by atoms with Gasteiger partial charge in [0, 0.05) is 18.0 Å². The van der Waals surface area contributed by atoms with Crippen molar-refractivity contribution in [2.24, 2.45) is 0 Å². The standard InChI is InChI=1S/6CH3.Al.As.Ga/h6*1H3;;;. The van der Waals surface area contributed by atoms with Crippen molar-refractivity contribution in [2.45, 2.75) is 33.8 Å². The molecule has 0 aromatic carbocycles. The van der Waals surface area contributed by atoms with Gasteiger partial charge in [0.25, 0.3) is 14.1 Å². The van der Waals surface area contributed by atoms with E-state index in [2.05, 4.69) is 33.8 Å². The van der Waals surface area contributed by atoms with E-state index < -0.39 is 16.2 Å². The summed E-state index contributed by atoms with van der Waals surface area (Å²) in [5, 5.41) is 0. The van der Waals surface area contributed by atoms with Crippen LogP contribution >= 0.6 is 0 Å². The second-order valence-electron chi connectivity index (χ2n) is 3.46. The van der Waals surface area contributed by atoms with Gasteiger partial charge in [0.15, 0.2) is 0 Å². The van der Waals surface area contributed by atoms with Crippen LogP contribution in [0.2, 0.25) is 33.8 Å². The molecule has 0 atom stereocenters. The maximum atomic E-state index is 2.35. The summed E-state index contributed by atoms with van der Waals surface area (Å²) in [7, 11) is 0. The summed E-state index contributed by atoms with van der Waals surface area (Å²) in [5.74, 6) is 6.92. The molecule has 9 heavy (non-hydrogen) atoms. The fourth-order valence-electron chi connectivity index (χ4n) is 0. The fraction of sp³-hybridized carbons (Fsp3) is 1.00. The molecule has 3 radical (unpaired) electrons. The van der Waals surface area contributed by atoms with Crippen molar-refractivity contribution in [2.75, 3.05) is 0 Å². The van der Waals surface area contributed by atoms with Crippen LogP contribution in [0.3, 0.4) is 0 Å². The van der Waals surface area contributed by atoms with Crippen LogP contribution in [0.1, 0.15) is 0 Å². The molecule has 0 fully saturated rings. The molecule has 0 amide bonds. The average Bonchev–Trinajstić information content (AvgIpc) is 1.25. The maximum absolute atomic E-state index is 2.35. The Balaban J connectivity index is -0.0000000720. The molecular formula is C6H18AlAsGa. The average molecular weight is 262 g/mol. The van der Waals surface area contributed by atoms with Crippen LogP contribution in [0.5, 0.6) is 0 Å². The summed E-state index contributed by atoms with van der Waals surface area (Å²) < 4.78 is 0. The molecule has 0 bridgehead atoms. The molecule has 0 N–H and O–H groups in total. The van der Waals surface area contributed by atoms with Crippen molar-refractivity contribution in [1.29, 1.82) is 0 Å². The van der Waals surface area contributed by atoms with E-state index >= 15 is 0 Å². The van der Waals surface area contributed by atoms with E-state index in [9.17, 15) is 0 Å². The van der Waals surface area contributed by atoms with E-state index in [1.807, 2.05) is 0 Å². The summed E-state index contributed by atoms with van der Waals surface area (Å²) >= 11 is -0.618. The van der Waals surface area contributed by atoms with Crippen LogP contribution in [-0.2, 0) is 0 Å². The van der Waals surface area contributed by atoms with Crippen molar-refractivity contribution in [3.8, 4) is 0 Å². The molecule has 0 aliphatic heterocycles. The van der Waals surface area contributed by atoms with Gasteiger partial charge in [-0.25, -0.2) is 0 Å². The van der Waals surface area contributed by atoms with Crippen LogP contribution in [0.25, 0.3) is 0 Å². The Hall–Kier alpha value is 1.73. The predicted molar refractivity (Wildman–Crippen MR) is 52.4 cm³/mol. The van der Waals surface area contributed by atoms with Gasteiger partial charge in [0.2, 0.25) is 0 Å². The fourth-order valence-corrected chi connectivity index (χ4v) is 0. The van der Waals surface area contributed by atoms with Gasteiger partial charge in [-0.3, -0.25) is 0 Å². The first kappa shape index (κ1) is 17.0. The van der Waals surface area contributed by atoms with E-state index in [1.54, 1.807) is 0 Å². The SMILES string of the molecule is [As].[CH3][Al]([CH3])[CH3].[CH3][Ga]([CH3])[CH3]. The van der Waals surface area contributed by atoms with E-state index in [0.29, 0.717) is 0 Å². The third-order valence-corrected chi connectivity index (χ3v) is 0. The molecular weight excluding hydrogens is 244 g/mol. The minimum absolute atomic E-state index is 0. The third kappa shape index (κ3) is 195. The van der Waals surface area contributed by atoms with Crippen LogP contribution in [-0.4, -0.2) is 48.3 Å². The molecule has 0 saturated heterocycles. The molecule has 0 aliphatic rings. The van der Waals surface area contributed by atoms with Gasteiger partial charge >= 0.3 is 32.7 Å². The molecule has 0 heterocycles. The second kappa shape index (κ2) is 12.4. The summed E-state index contributed by atoms with van der Waals surface area (Å²) in [5.41, 5.74) is 7.06. The summed E-state index contributed by atoms with van der Waals surface area (Å²) in [6.45, 7) is 0. The van der Waals surface area contributed by atoms with E-state index in [1.165, 1.54) is 0 Å². The van der Waals surface area contributed by atoms with Crippen LogP contribution in [0.4, 0.5) is 0 Å². The van der Waals surface area contributed by atoms with E-state index in [0.717, 1.165) is 0 Å². The first-order valence-corrected chi connectivity index (χ1v) is 14.2. The van der Waals surface area contributed by atoms with Gasteiger partial charge < -0.3 is 0 Å². The quantitative estimate of drug-likeness (QED) is 0.588. The molecule has 0 spiro atoms. The number of rotatable bonds is 0. The van der Waals surface area contributed by atoms with Crippen LogP contribution < -0.4 is 0 Å². The van der Waals surface area contributed by atoms with Crippen molar-refractivity contribution >= 4 is 48.3 Å². The van der Waals surface area contributed by atoms with Crippen LogP contribution in [0, 0.1) is 0 Å². The van der Waals surface area contributed by atoms with Gasteiger partial charge in [0.1, 0.15) is 0 Å². The van der Waals surface area contributed by atoms with Gasteiger partial charge in [-0.05, 0) is 0 Å². The number of hydrogen-bond donors (Lipinski definition) is 0. The topological polar surface area (TPSA) is 0 Å². The molecule has 0 aromatic heterocycles. The van der Waals surface area contributed by atoms with Crippen molar-refractivity contribution in [3.63, 3.8) is 0 Å². The Morgan fingerprint density at radius 2 is 0.889 bits per heavy atom. The monoisotopic (exact) mass is 261 g/mol. The zero-order valence-corrected chi connectivity index (χ0v) is 13.1. The molecule has 0 unspecified atom stereocenters. The normalized spacial score (nSPS) is 6.00. The summed E-state index contributed by atoms with van der Waals surface area (Å²) in [4.78, 5) is 0. The van der Waals surface area contributed by atoms with Crippen molar-refractivity contribution < 1.29 is 0 Å². The van der Waals surface area contributed by atoms with Crippen molar-refractivity contribution in [3.05, 3.63) is 0 Å². The number of hydrogen-bond acceptors (Lipinski definition) is 0. The molecule has 3 heteroatoms. The second-order valence-corrected chi connectivity index (χ2v) is 14.2. The van der Waals surface area contributed by atoms with Gasteiger partial charge in [-0.15, -0.1) is 17.4 Å². The zero-order chi connectivity index (χ0) is 7.15. The summed E-state index contributed by atoms with van der Waals surface area (Å²) in [6.07, 6.45) is 0. The predicted octanol–water partition coefficient (Wildman–Crippen LogP) is 2.36. The molecule has 0 nitrogen and oxygen atoms in total.